The Bertz CT molecular complexity index is 314. The number of hydrogen-bond donors (Lipinski definition) is 2. The molecule has 1 heterocycles. The molecule has 0 saturated carbocycles. The second kappa shape index (κ2) is 5.18. The first-order chi connectivity index (χ1) is 7.70. The maximum Gasteiger partial charge on any atom is 0.410 e. The summed E-state index contributed by atoms with van der Waals surface area (Å²) in [7, 11) is 0. The zero-order chi connectivity index (χ0) is 13.2. The molecule has 1 aliphatic rings. The molecule has 0 unspecified atom stereocenters. The van der Waals surface area contributed by atoms with Crippen molar-refractivity contribution < 1.29 is 14.6 Å². The molecule has 0 bridgehead atoms. The van der Waals surface area contributed by atoms with E-state index in [1.54, 1.807) is 0 Å². The second-order valence-corrected chi connectivity index (χ2v) is 5.76. The third kappa shape index (κ3) is 4.12. The van der Waals surface area contributed by atoms with Crippen molar-refractivity contribution in [1.82, 2.24) is 4.90 Å². The molecule has 0 aliphatic carbocycles. The van der Waals surface area contributed by atoms with Crippen LogP contribution in [0, 0.1) is 5.92 Å². The van der Waals surface area contributed by atoms with Crippen LogP contribution in [-0.4, -0.2) is 45.9 Å². The summed E-state index contributed by atoms with van der Waals surface area (Å²) in [6.07, 6.45) is -0.526. The third-order valence-corrected chi connectivity index (χ3v) is 2.90. The largest absolute Gasteiger partial charge is 0.444 e. The van der Waals surface area contributed by atoms with Crippen LogP contribution in [0.25, 0.3) is 0 Å². The van der Waals surface area contributed by atoms with Gasteiger partial charge in [0.1, 0.15) is 5.60 Å². The molecule has 0 aromatic rings. The Labute approximate surface area is 107 Å². The van der Waals surface area contributed by atoms with Gasteiger partial charge in [0.2, 0.25) is 0 Å². The first-order valence-electron chi connectivity index (χ1n) is 5.66. The van der Waals surface area contributed by atoms with Gasteiger partial charge in [-0.25, -0.2) is 4.79 Å². The molecule has 17 heavy (non-hydrogen) atoms. The lowest BCUT2D eigenvalue weighted by Gasteiger charge is -2.36. The lowest BCUT2D eigenvalue weighted by molar-refractivity contribution is -0.00292. The van der Waals surface area contributed by atoms with Gasteiger partial charge in [0.25, 0.3) is 0 Å². The summed E-state index contributed by atoms with van der Waals surface area (Å²) >= 11 is 4.87. The molecule has 0 radical (unpaired) electrons. The summed E-state index contributed by atoms with van der Waals surface area (Å²) in [6.45, 7) is 6.15. The highest BCUT2D eigenvalue weighted by molar-refractivity contribution is 7.80. The Morgan fingerprint density at radius 2 is 2.12 bits per heavy atom. The van der Waals surface area contributed by atoms with Crippen LogP contribution in [0.1, 0.15) is 27.2 Å². The molecule has 6 heteroatoms. The molecular weight excluding hydrogens is 240 g/mol. The minimum Gasteiger partial charge on any atom is -0.444 e. The SMILES string of the molecule is CC(C)(C)OC(=O)N1CC[C@@H](C(N)=S)[C@H](O)C1. The molecule has 1 rings (SSSR count). The quantitative estimate of drug-likeness (QED) is 0.685. The van der Waals surface area contributed by atoms with E-state index in [0.29, 0.717) is 18.0 Å². The fraction of sp³-hybridized carbons (Fsp3) is 0.818. The first kappa shape index (κ1) is 14.2. The highest BCUT2D eigenvalue weighted by atomic mass is 32.1. The summed E-state index contributed by atoms with van der Waals surface area (Å²) in [5, 5.41) is 9.84. The number of carbonyl (C=O) groups excluding carboxylic acids is 1. The maximum atomic E-state index is 11.8. The number of aliphatic hydroxyl groups excluding tert-OH is 1. The molecule has 0 aromatic carbocycles. The summed E-state index contributed by atoms with van der Waals surface area (Å²) in [5.74, 6) is -0.205. The molecule has 1 aliphatic heterocycles. The minimum absolute atomic E-state index is 0.205. The predicted octanol–water partition coefficient (Wildman–Crippen LogP) is 0.890. The molecule has 3 N–H and O–H groups in total. The number of nitrogens with zero attached hydrogens (tertiary/aromatic N) is 1. The van der Waals surface area contributed by atoms with Gasteiger partial charge in [-0.15, -0.1) is 0 Å². The maximum absolute atomic E-state index is 11.8. The van der Waals surface area contributed by atoms with Gasteiger partial charge >= 0.3 is 6.09 Å². The van der Waals surface area contributed by atoms with Gasteiger partial charge in [-0.2, -0.15) is 0 Å². The standard InChI is InChI=1S/C11H20N2O3S/c1-11(2,3)16-10(15)13-5-4-7(9(12)17)8(14)6-13/h7-8,14H,4-6H2,1-3H3,(H2,12,17)/t7-,8-/m1/s1. The average Bonchev–Trinajstić information content (AvgIpc) is 2.14. The van der Waals surface area contributed by atoms with Gasteiger partial charge in [-0.1, -0.05) is 12.2 Å². The number of amides is 1. The summed E-state index contributed by atoms with van der Waals surface area (Å²) in [5.41, 5.74) is 4.99. The van der Waals surface area contributed by atoms with E-state index in [4.69, 9.17) is 22.7 Å². The Balaban J connectivity index is 2.55. The number of aliphatic hydroxyl groups is 1. The van der Waals surface area contributed by atoms with Crippen LogP contribution in [0.3, 0.4) is 0 Å². The van der Waals surface area contributed by atoms with Crippen molar-refractivity contribution in [2.24, 2.45) is 11.7 Å². The van der Waals surface area contributed by atoms with E-state index in [1.165, 1.54) is 4.90 Å². The summed E-state index contributed by atoms with van der Waals surface area (Å²) in [4.78, 5) is 13.6. The van der Waals surface area contributed by atoms with Crippen LogP contribution in [0.15, 0.2) is 0 Å². The van der Waals surface area contributed by atoms with Gasteiger partial charge in [0.05, 0.1) is 17.6 Å². The number of rotatable bonds is 1. The van der Waals surface area contributed by atoms with E-state index in [9.17, 15) is 9.90 Å². The smallest absolute Gasteiger partial charge is 0.410 e. The van der Waals surface area contributed by atoms with Crippen LogP contribution >= 0.6 is 12.2 Å². The number of carbonyl (C=O) groups is 1. The number of likely N-dealkylation sites (tertiary alicyclic amines) is 1. The number of ether oxygens (including phenoxy) is 1. The van der Waals surface area contributed by atoms with Gasteiger partial charge < -0.3 is 20.5 Å². The highest BCUT2D eigenvalue weighted by Crippen LogP contribution is 2.20. The number of nitrogens with two attached hydrogens (primary N) is 1. The van der Waals surface area contributed by atoms with E-state index in [0.717, 1.165) is 0 Å². The van der Waals surface area contributed by atoms with Gasteiger partial charge in [-0.3, -0.25) is 0 Å². The molecule has 5 nitrogen and oxygen atoms in total. The van der Waals surface area contributed by atoms with Crippen LogP contribution < -0.4 is 5.73 Å². The van der Waals surface area contributed by atoms with E-state index >= 15 is 0 Å². The van der Waals surface area contributed by atoms with E-state index in [-0.39, 0.29) is 12.5 Å². The monoisotopic (exact) mass is 260 g/mol. The minimum atomic E-state index is -0.700. The number of thiocarbonyl (C=S) groups is 1. The molecule has 98 valence electrons. The van der Waals surface area contributed by atoms with Crippen molar-refractivity contribution in [1.29, 1.82) is 0 Å². The van der Waals surface area contributed by atoms with E-state index < -0.39 is 17.8 Å². The van der Waals surface area contributed by atoms with Crippen LogP contribution in [0.2, 0.25) is 0 Å². The molecule has 1 amide bonds. The molecule has 0 aromatic heterocycles. The van der Waals surface area contributed by atoms with Crippen LogP contribution in [-0.2, 0) is 4.74 Å². The molecular formula is C11H20N2O3S. The Morgan fingerprint density at radius 1 is 1.53 bits per heavy atom. The van der Waals surface area contributed by atoms with Gasteiger partial charge in [0, 0.05) is 12.5 Å². The molecule has 1 saturated heterocycles. The lowest BCUT2D eigenvalue weighted by Crippen LogP contribution is -2.50. The Kier molecular flexibility index (Phi) is 4.32. The predicted molar refractivity (Wildman–Crippen MR) is 68.7 cm³/mol. The average molecular weight is 260 g/mol. The van der Waals surface area contributed by atoms with E-state index in [1.807, 2.05) is 20.8 Å². The zero-order valence-electron chi connectivity index (χ0n) is 10.5. The number of hydrogen-bond acceptors (Lipinski definition) is 4. The first-order valence-corrected chi connectivity index (χ1v) is 6.07. The molecule has 0 spiro atoms. The van der Waals surface area contributed by atoms with Crippen molar-refractivity contribution in [2.75, 3.05) is 13.1 Å². The lowest BCUT2D eigenvalue weighted by atomic mass is 9.94. The fourth-order valence-electron chi connectivity index (χ4n) is 1.76. The zero-order valence-corrected chi connectivity index (χ0v) is 11.3. The normalized spacial score (nSPS) is 25.5. The summed E-state index contributed by atoms with van der Waals surface area (Å²) < 4.78 is 5.23. The molecule has 2 atom stereocenters. The number of β-amino-alcohol motifs (C(OH)–C–C–N with tert-alkyl or cyclic N) is 1. The van der Waals surface area contributed by atoms with Crippen molar-refractivity contribution in [3.63, 3.8) is 0 Å². The van der Waals surface area contributed by atoms with Crippen molar-refractivity contribution in [3.05, 3.63) is 0 Å². The number of piperidine rings is 1. The van der Waals surface area contributed by atoms with Crippen LogP contribution in [0.5, 0.6) is 0 Å². The topological polar surface area (TPSA) is 75.8 Å². The molecule has 1 fully saturated rings. The van der Waals surface area contributed by atoms with Crippen molar-refractivity contribution in [3.8, 4) is 0 Å². The van der Waals surface area contributed by atoms with Gasteiger partial charge in [-0.05, 0) is 27.2 Å². The highest BCUT2D eigenvalue weighted by Gasteiger charge is 2.33. The fourth-order valence-corrected chi connectivity index (χ4v) is 2.03. The van der Waals surface area contributed by atoms with E-state index in [2.05, 4.69) is 0 Å². The van der Waals surface area contributed by atoms with Gasteiger partial charge in [0.15, 0.2) is 0 Å². The van der Waals surface area contributed by atoms with Crippen molar-refractivity contribution >= 4 is 23.3 Å². The summed E-state index contributed by atoms with van der Waals surface area (Å²) in [6, 6.07) is 0. The van der Waals surface area contributed by atoms with Crippen LogP contribution in [0.4, 0.5) is 4.79 Å². The Morgan fingerprint density at radius 3 is 2.53 bits per heavy atom. The Hall–Kier alpha value is -0.880. The van der Waals surface area contributed by atoms with Crippen molar-refractivity contribution in [2.45, 2.75) is 38.9 Å². The third-order valence-electron chi connectivity index (χ3n) is 2.60. The second-order valence-electron chi connectivity index (χ2n) is 5.29.